The average molecular weight is 1090 g/mol. The van der Waals surface area contributed by atoms with Crippen LogP contribution in [0.5, 0.6) is 0 Å². The van der Waals surface area contributed by atoms with Crippen LogP contribution in [-0.2, 0) is 42.0 Å². The monoisotopic (exact) mass is 1090 g/mol. The molecule has 5 aromatic rings. The van der Waals surface area contributed by atoms with Crippen molar-refractivity contribution in [2.45, 2.75) is 39.0 Å². The molecule has 0 atom stereocenters. The van der Waals surface area contributed by atoms with Crippen LogP contribution in [0.2, 0.25) is 0 Å². The molecular formula is C35H63N14O2PS5W. The molecule has 1 fully saturated rings. The third kappa shape index (κ3) is 30.3. The Labute approximate surface area is 378 Å². The van der Waals surface area contributed by atoms with E-state index in [1.165, 1.54) is 31.8 Å². The van der Waals surface area contributed by atoms with Gasteiger partial charge in [-0.05, 0) is 57.8 Å². The molecule has 0 bridgehead atoms. The molecule has 23 heteroatoms. The van der Waals surface area contributed by atoms with Crippen molar-refractivity contribution in [3.63, 3.8) is 0 Å². The number of rotatable bonds is 5. The number of hydrogen-bond donors (Lipinski definition) is 3. The zero-order valence-corrected chi connectivity index (χ0v) is 43.1. The Hall–Kier alpha value is -2.74. The second-order valence-corrected chi connectivity index (χ2v) is 25.9. The van der Waals surface area contributed by atoms with Crippen LogP contribution >= 0.6 is 63.8 Å². The third-order valence-electron chi connectivity index (χ3n) is 6.26. The van der Waals surface area contributed by atoms with Crippen molar-refractivity contribution in [3.8, 4) is 0 Å². The minimum Gasteiger partial charge on any atom is -0.357 e. The van der Waals surface area contributed by atoms with Crippen LogP contribution < -0.4 is 10.6 Å². The molecule has 0 amide bonds. The van der Waals surface area contributed by atoms with Gasteiger partial charge in [0.1, 0.15) is 20.2 Å². The Morgan fingerprint density at radius 2 is 1.57 bits per heavy atom. The number of likely N-dealkylation sites (N-methyl/N-ethyl adjacent to an activating group) is 1. The summed E-state index contributed by atoms with van der Waals surface area (Å²) in [6.07, 6.45) is 15.2. The van der Waals surface area contributed by atoms with E-state index >= 15 is 0 Å². The minimum atomic E-state index is -1.32. The Bertz CT molecular complexity index is 1700. The second-order valence-electron chi connectivity index (χ2n) is 11.2. The Kier molecular flexibility index (Phi) is 33.6. The summed E-state index contributed by atoms with van der Waals surface area (Å²) >= 11 is 12.8. The Morgan fingerprint density at radius 3 is 1.74 bits per heavy atom. The van der Waals surface area contributed by atoms with Gasteiger partial charge in [-0.25, -0.2) is 0 Å². The summed E-state index contributed by atoms with van der Waals surface area (Å²) in [4.78, 5) is 9.30. The number of aromatic amines is 1. The summed E-state index contributed by atoms with van der Waals surface area (Å²) in [5.74, 6) is 1.47. The smallest absolute Gasteiger partial charge is 0.174 e. The molecule has 58 heavy (non-hydrogen) atoms. The van der Waals surface area contributed by atoms with Crippen LogP contribution in [0.1, 0.15) is 29.7 Å². The predicted molar refractivity (Wildman–Crippen MR) is 252 cm³/mol. The number of anilines is 2. The molecule has 5 aromatic heterocycles. The van der Waals surface area contributed by atoms with Gasteiger partial charge >= 0.3 is 54.1 Å². The van der Waals surface area contributed by atoms with E-state index in [9.17, 15) is 0 Å². The number of H-pyrrole nitrogens is 1. The van der Waals surface area contributed by atoms with Crippen LogP contribution in [0.15, 0.2) is 71.1 Å². The van der Waals surface area contributed by atoms with Crippen molar-refractivity contribution < 1.29 is 27.9 Å². The van der Waals surface area contributed by atoms with E-state index in [-0.39, 0.29) is 7.43 Å². The van der Waals surface area contributed by atoms with Gasteiger partial charge in [0.15, 0.2) is 4.34 Å². The molecule has 2 aliphatic heterocycles. The van der Waals surface area contributed by atoms with Crippen molar-refractivity contribution in [1.82, 2.24) is 59.7 Å². The van der Waals surface area contributed by atoms with E-state index in [0.29, 0.717) is 5.95 Å². The molecule has 7 rings (SSSR count). The first kappa shape index (κ1) is 57.4. The van der Waals surface area contributed by atoms with Gasteiger partial charge in [-0.1, -0.05) is 78.5 Å². The molecule has 0 aromatic carbocycles. The summed E-state index contributed by atoms with van der Waals surface area (Å²) in [5, 5.41) is 32.9. The van der Waals surface area contributed by atoms with E-state index in [0.717, 1.165) is 41.1 Å². The predicted octanol–water partition coefficient (Wildman–Crippen LogP) is 8.21. The summed E-state index contributed by atoms with van der Waals surface area (Å²) < 4.78 is 15.8. The topological polar surface area (TPSA) is 165 Å². The molecule has 2 aliphatic rings. The number of thioether (sulfide) groups is 2. The molecule has 326 valence electrons. The number of nitrogens with zero attached hydrogens (tertiary/aromatic N) is 11. The number of hydrogen-bond acceptors (Lipinski definition) is 17. The van der Waals surface area contributed by atoms with E-state index in [2.05, 4.69) is 82.1 Å². The fraction of sp³-hybridized carbons (Fsp3) is 0.486. The number of aromatic nitrogens is 10. The molecule has 1 saturated heterocycles. The summed E-state index contributed by atoms with van der Waals surface area (Å²) in [6.45, 7) is 13.7. The first-order valence-corrected chi connectivity index (χ1v) is 27.1. The molecule has 16 nitrogen and oxygen atoms in total. The largest absolute Gasteiger partial charge is 0.357 e. The van der Waals surface area contributed by atoms with Gasteiger partial charge < -0.3 is 25.0 Å². The summed E-state index contributed by atoms with van der Waals surface area (Å²) in [7, 11) is 14.9. The summed E-state index contributed by atoms with van der Waals surface area (Å²) in [5.41, 5.74) is 0. The molecule has 0 radical (unpaired) electrons. The second kappa shape index (κ2) is 34.0. The van der Waals surface area contributed by atoms with Crippen molar-refractivity contribution in [2.75, 3.05) is 79.1 Å². The zero-order chi connectivity index (χ0) is 43.2. The van der Waals surface area contributed by atoms with E-state index in [4.69, 9.17) is 21.3 Å². The summed E-state index contributed by atoms with van der Waals surface area (Å²) in [6, 6.07) is 5.89. The standard InChI is InChI=1S/C5H7NS2.C5H9N.C5H7N.C4H8N4.C4H7N3S.C4H6N2S2.C4H6N2.C3H9O2P.CH4.W/c1-4-3-6(2)5(7)8-4;2*1-6-4-2-3-5-6;1-3-6-4(5-2)8-7-3;1-3-6-7-4(5-2)8-3;1-3-5-6-4(7-2)8-3;1-6-4-2-3-5-6;1-4-6(3)5-2;;/h1,3H2,2H3;2,4H,3,5H2,1H3;2-5H,1H3;1-2H3,(H2,5,6,7,8);1-2H3,(H,5,7);1-2H3;2-4H,1H3;1-3H3;1H4;. The third-order valence-corrected chi connectivity index (χ3v) is 14.9. The molecule has 7 heterocycles. The molecule has 0 saturated carbocycles. The Balaban J connectivity index is 0. The van der Waals surface area contributed by atoms with Gasteiger partial charge in [-0.2, -0.15) is 10.1 Å². The van der Waals surface area contributed by atoms with Crippen LogP contribution in [0.4, 0.5) is 11.1 Å². The zero-order valence-electron chi connectivity index (χ0n) is 35.2. The average Bonchev–Trinajstić information content (AvgIpc) is 4.05. The van der Waals surface area contributed by atoms with Gasteiger partial charge in [0, 0.05) is 85.1 Å². The van der Waals surface area contributed by atoms with E-state index in [1.807, 2.05) is 108 Å². The molecule has 0 aliphatic carbocycles. The maximum atomic E-state index is 5.01. The fourth-order valence-corrected chi connectivity index (χ4v) is 6.29. The van der Waals surface area contributed by atoms with Crippen LogP contribution in [0.3, 0.4) is 0 Å². The van der Waals surface area contributed by atoms with Crippen LogP contribution in [-0.4, -0.2) is 132 Å². The van der Waals surface area contributed by atoms with Crippen LogP contribution in [0, 0.1) is 20.8 Å². The maximum Gasteiger partial charge on any atom is 0.174 e. The normalized spacial score (nSPS) is 12.0. The van der Waals surface area contributed by atoms with Crippen molar-refractivity contribution in [3.05, 3.63) is 82.6 Å². The van der Waals surface area contributed by atoms with Gasteiger partial charge in [0.2, 0.25) is 11.1 Å². The molecule has 3 N–H and O–H groups in total. The van der Waals surface area contributed by atoms with Gasteiger partial charge in [-0.15, -0.1) is 25.5 Å². The first-order chi connectivity index (χ1) is 27.0. The number of aryl methyl sites for hydroxylation is 5. The van der Waals surface area contributed by atoms with Crippen molar-refractivity contribution in [1.29, 1.82) is 0 Å². The molecule has 0 spiro atoms. The van der Waals surface area contributed by atoms with Crippen molar-refractivity contribution in [2.24, 2.45) is 14.1 Å². The minimum absolute atomic E-state index is 0. The van der Waals surface area contributed by atoms with Gasteiger partial charge in [0.25, 0.3) is 0 Å². The number of nitrogens with one attached hydrogen (secondary N) is 3. The van der Waals surface area contributed by atoms with Gasteiger partial charge in [0.05, 0.1) is 0 Å². The number of thiocarbonyl (C=S) groups is 1. The van der Waals surface area contributed by atoms with Crippen molar-refractivity contribution >= 4 is 79.2 Å². The first-order valence-electron chi connectivity index (χ1n) is 17.0. The van der Waals surface area contributed by atoms with Gasteiger partial charge in [-0.3, -0.25) is 9.78 Å². The van der Waals surface area contributed by atoms with E-state index < -0.39 is 5.35 Å². The molecule has 0 unspecified atom stereocenters. The van der Waals surface area contributed by atoms with E-state index in [1.54, 1.807) is 78.3 Å². The Morgan fingerprint density at radius 1 is 0.948 bits per heavy atom. The van der Waals surface area contributed by atoms with Crippen LogP contribution in [0.25, 0.3) is 0 Å². The SMILES string of the molecule is C.C=C1CN(C)C(=S)S1.CN1C=CCC1.CNc1n[nH]c(C)n1.CNc1nnc(C)s1.CO[P](C)(=[W])OC.CSc1nnc(C)s1.Cn1cccc1.Cn1cccn1. The molecular weight excluding hydrogens is 1020 g/mol. The maximum absolute atomic E-state index is 5.01. The fourth-order valence-electron chi connectivity index (χ4n) is 3.22. The quantitative estimate of drug-likeness (QED) is 0.0876.